The second kappa shape index (κ2) is 10.3. The molecule has 0 radical (unpaired) electrons. The van der Waals surface area contributed by atoms with Crippen LogP contribution in [0.1, 0.15) is 31.2 Å². The fourth-order valence-corrected chi connectivity index (χ4v) is 2.39. The molecule has 0 aliphatic rings. The fourth-order valence-electron chi connectivity index (χ4n) is 2.39. The van der Waals surface area contributed by atoms with Crippen LogP contribution in [0.15, 0.2) is 18.2 Å². The molecule has 0 aromatic heterocycles. The van der Waals surface area contributed by atoms with Gasteiger partial charge in [-0.1, -0.05) is 0 Å². The highest BCUT2D eigenvalue weighted by Gasteiger charge is 2.24. The molecule has 136 valence electrons. The number of hydrogen-bond donors (Lipinski definition) is 1. The molecule has 1 unspecified atom stereocenters. The first-order chi connectivity index (χ1) is 11.9. The number of rotatable bonds is 9. The van der Waals surface area contributed by atoms with Crippen LogP contribution in [0.4, 0.5) is 4.39 Å². The summed E-state index contributed by atoms with van der Waals surface area (Å²) < 4.78 is 18.8. The molecule has 1 aromatic rings. The highest BCUT2D eigenvalue weighted by atomic mass is 19.1. The smallest absolute Gasteiger partial charge is 0.243 e. The van der Waals surface area contributed by atoms with Crippen molar-refractivity contribution in [2.24, 2.45) is 0 Å². The first-order valence-corrected chi connectivity index (χ1v) is 8.19. The third-order valence-electron chi connectivity index (χ3n) is 3.79. The van der Waals surface area contributed by atoms with E-state index in [0.717, 1.165) is 5.56 Å². The van der Waals surface area contributed by atoms with E-state index in [0.29, 0.717) is 31.6 Å². The number of terminal acetylenes is 1. The number of likely N-dealkylation sites (N-methyl/N-ethyl adjacent to an activating group) is 2. The highest BCUT2D eigenvalue weighted by Crippen LogP contribution is 2.16. The van der Waals surface area contributed by atoms with Crippen LogP contribution in [0.2, 0.25) is 0 Å². The number of ether oxygens (including phenoxy) is 1. The molecule has 0 saturated carbocycles. The normalized spacial score (nSPS) is 11.3. The predicted octanol–water partition coefficient (Wildman–Crippen LogP) is 2.28. The summed E-state index contributed by atoms with van der Waals surface area (Å²) in [5, 5.41) is 2.51. The quantitative estimate of drug-likeness (QED) is 0.550. The van der Waals surface area contributed by atoms with Crippen molar-refractivity contribution < 1.29 is 18.7 Å². The molecule has 0 bridgehead atoms. The molecule has 25 heavy (non-hydrogen) atoms. The van der Waals surface area contributed by atoms with E-state index < -0.39 is 6.04 Å². The highest BCUT2D eigenvalue weighted by molar-refractivity contribution is 5.87. The van der Waals surface area contributed by atoms with Gasteiger partial charge in [0.05, 0.1) is 6.61 Å². The first-order valence-electron chi connectivity index (χ1n) is 8.19. The molecule has 5 nitrogen and oxygen atoms in total. The Morgan fingerprint density at radius 1 is 1.36 bits per heavy atom. The summed E-state index contributed by atoms with van der Waals surface area (Å²) in [5.41, 5.74) is 0.792. The minimum Gasteiger partial charge on any atom is -0.493 e. The number of unbranched alkanes of at least 4 members (excludes halogenated alkanes) is 1. The molecular weight excluding hydrogens is 323 g/mol. The van der Waals surface area contributed by atoms with E-state index in [1.54, 1.807) is 20.0 Å². The van der Waals surface area contributed by atoms with Crippen molar-refractivity contribution in [1.82, 2.24) is 10.2 Å². The Bertz CT molecular complexity index is 620. The number of aryl methyl sites for hydroxylation is 1. The van der Waals surface area contributed by atoms with Crippen LogP contribution in [0, 0.1) is 25.1 Å². The number of hydrogen-bond acceptors (Lipinski definition) is 3. The lowest BCUT2D eigenvalue weighted by molar-refractivity contribution is -0.138. The number of nitrogens with zero attached hydrogens (tertiary/aromatic N) is 1. The van der Waals surface area contributed by atoms with Gasteiger partial charge in [-0.15, -0.1) is 12.3 Å². The van der Waals surface area contributed by atoms with Gasteiger partial charge in [-0.3, -0.25) is 9.59 Å². The van der Waals surface area contributed by atoms with Crippen molar-refractivity contribution in [1.29, 1.82) is 0 Å². The second-order valence-corrected chi connectivity index (χ2v) is 5.81. The van der Waals surface area contributed by atoms with E-state index in [1.165, 1.54) is 24.1 Å². The SMILES string of the molecule is C#CCC(C(=O)NC)N(C)C(=O)CCCCOc1cc(C)cc(F)c1. The van der Waals surface area contributed by atoms with Gasteiger partial charge in [-0.2, -0.15) is 0 Å². The maximum atomic E-state index is 13.3. The number of benzene rings is 1. The van der Waals surface area contributed by atoms with E-state index in [-0.39, 0.29) is 24.1 Å². The molecule has 1 atom stereocenters. The number of nitrogens with one attached hydrogen (secondary N) is 1. The van der Waals surface area contributed by atoms with Gasteiger partial charge in [0.15, 0.2) is 0 Å². The Morgan fingerprint density at radius 2 is 2.08 bits per heavy atom. The number of halogens is 1. The van der Waals surface area contributed by atoms with Crippen LogP contribution in [0.25, 0.3) is 0 Å². The zero-order valence-electron chi connectivity index (χ0n) is 15.0. The molecule has 0 spiro atoms. The van der Waals surface area contributed by atoms with Crippen molar-refractivity contribution in [2.75, 3.05) is 20.7 Å². The predicted molar refractivity (Wildman–Crippen MR) is 94.6 cm³/mol. The maximum Gasteiger partial charge on any atom is 0.243 e. The van der Waals surface area contributed by atoms with Gasteiger partial charge in [0.1, 0.15) is 17.6 Å². The molecule has 0 aliphatic carbocycles. The van der Waals surface area contributed by atoms with E-state index in [2.05, 4.69) is 11.2 Å². The van der Waals surface area contributed by atoms with Gasteiger partial charge in [0, 0.05) is 33.0 Å². The second-order valence-electron chi connectivity index (χ2n) is 5.81. The van der Waals surface area contributed by atoms with Gasteiger partial charge in [0.2, 0.25) is 11.8 Å². The first kappa shape index (κ1) is 20.5. The molecule has 0 fully saturated rings. The Kier molecular flexibility index (Phi) is 8.48. The Balaban J connectivity index is 2.38. The van der Waals surface area contributed by atoms with Gasteiger partial charge < -0.3 is 15.0 Å². The zero-order chi connectivity index (χ0) is 18.8. The van der Waals surface area contributed by atoms with Crippen molar-refractivity contribution >= 4 is 11.8 Å². The molecule has 0 aliphatic heterocycles. The summed E-state index contributed by atoms with van der Waals surface area (Å²) in [6, 6.07) is 3.87. The third kappa shape index (κ3) is 6.84. The molecule has 1 rings (SSSR count). The lowest BCUT2D eigenvalue weighted by Crippen LogP contribution is -2.46. The van der Waals surface area contributed by atoms with Crippen molar-refractivity contribution in [3.8, 4) is 18.1 Å². The Hall–Kier alpha value is -2.55. The standard InChI is InChI=1S/C19H25FN2O3/c1-5-8-17(19(24)21-3)22(4)18(23)9-6-7-10-25-16-12-14(2)11-15(20)13-16/h1,11-13,17H,6-10H2,2-4H3,(H,21,24). The van der Waals surface area contributed by atoms with Crippen molar-refractivity contribution in [2.45, 2.75) is 38.6 Å². The minimum atomic E-state index is -0.658. The molecule has 6 heteroatoms. The largest absolute Gasteiger partial charge is 0.493 e. The summed E-state index contributed by atoms with van der Waals surface area (Å²) in [6.45, 7) is 2.19. The zero-order valence-corrected chi connectivity index (χ0v) is 15.0. The molecule has 1 aromatic carbocycles. The van der Waals surface area contributed by atoms with Crippen LogP contribution in [-0.2, 0) is 9.59 Å². The van der Waals surface area contributed by atoms with E-state index in [1.807, 2.05) is 0 Å². The Labute approximate surface area is 148 Å². The molecule has 0 saturated heterocycles. The summed E-state index contributed by atoms with van der Waals surface area (Å²) in [4.78, 5) is 25.4. The summed E-state index contributed by atoms with van der Waals surface area (Å²) >= 11 is 0. The van der Waals surface area contributed by atoms with Crippen LogP contribution >= 0.6 is 0 Å². The summed E-state index contributed by atoms with van der Waals surface area (Å²) in [6.07, 6.45) is 6.98. The molecule has 1 N–H and O–H groups in total. The van der Waals surface area contributed by atoms with E-state index in [4.69, 9.17) is 11.2 Å². The molecule has 2 amide bonds. The topological polar surface area (TPSA) is 58.6 Å². The van der Waals surface area contributed by atoms with Gasteiger partial charge in [-0.25, -0.2) is 4.39 Å². The van der Waals surface area contributed by atoms with Gasteiger partial charge >= 0.3 is 0 Å². The molecule has 0 heterocycles. The maximum absolute atomic E-state index is 13.3. The summed E-state index contributed by atoms with van der Waals surface area (Å²) in [5.74, 6) is 2.14. The van der Waals surface area contributed by atoms with Crippen molar-refractivity contribution in [3.05, 3.63) is 29.6 Å². The lowest BCUT2D eigenvalue weighted by Gasteiger charge is -2.25. The van der Waals surface area contributed by atoms with Gasteiger partial charge in [-0.05, 0) is 37.5 Å². The number of carbonyl (C=O) groups excluding carboxylic acids is 2. The lowest BCUT2D eigenvalue weighted by atomic mass is 10.1. The van der Waals surface area contributed by atoms with E-state index >= 15 is 0 Å². The van der Waals surface area contributed by atoms with Crippen molar-refractivity contribution in [3.63, 3.8) is 0 Å². The van der Waals surface area contributed by atoms with Crippen LogP contribution in [0.3, 0.4) is 0 Å². The minimum absolute atomic E-state index is 0.148. The van der Waals surface area contributed by atoms with Crippen LogP contribution in [-0.4, -0.2) is 43.5 Å². The third-order valence-corrected chi connectivity index (χ3v) is 3.79. The average molecular weight is 348 g/mol. The number of carbonyl (C=O) groups is 2. The summed E-state index contributed by atoms with van der Waals surface area (Å²) in [7, 11) is 3.08. The average Bonchev–Trinajstić information content (AvgIpc) is 2.57. The van der Waals surface area contributed by atoms with E-state index in [9.17, 15) is 14.0 Å². The van der Waals surface area contributed by atoms with Crippen LogP contribution in [0.5, 0.6) is 5.75 Å². The molecular formula is C19H25FN2O3. The monoisotopic (exact) mass is 348 g/mol. The van der Waals surface area contributed by atoms with Crippen LogP contribution < -0.4 is 10.1 Å². The van der Waals surface area contributed by atoms with Gasteiger partial charge in [0.25, 0.3) is 0 Å². The fraction of sp³-hybridized carbons (Fsp3) is 0.474. The Morgan fingerprint density at radius 3 is 2.68 bits per heavy atom. The number of amides is 2.